The van der Waals surface area contributed by atoms with Crippen molar-refractivity contribution in [1.82, 2.24) is 0 Å². The van der Waals surface area contributed by atoms with Crippen LogP contribution in [0.4, 0.5) is 0 Å². The van der Waals surface area contributed by atoms with E-state index < -0.39 is 0 Å². The van der Waals surface area contributed by atoms with Crippen LogP contribution in [-0.4, -0.2) is 33.0 Å². The van der Waals surface area contributed by atoms with Crippen LogP contribution in [0, 0.1) is 5.92 Å². The van der Waals surface area contributed by atoms with Gasteiger partial charge in [-0.15, -0.1) is 0 Å². The lowest BCUT2D eigenvalue weighted by atomic mass is 9.88. The third-order valence-electron chi connectivity index (χ3n) is 4.98. The minimum Gasteiger partial charge on any atom is -0.382 e. The molecule has 0 aliphatic carbocycles. The number of hydrogen-bond acceptors (Lipinski definition) is 3. The average molecular weight is 405 g/mol. The SMILES string of the molecule is CC.CC.CC.CCc1cc2ccccc2cc1[C@@H]1OC(COC)C(OC)C1C. The highest BCUT2D eigenvalue weighted by atomic mass is 16.6. The van der Waals surface area contributed by atoms with Crippen molar-refractivity contribution >= 4 is 10.8 Å². The number of methoxy groups -OCH3 is 2. The predicted octanol–water partition coefficient (Wildman–Crippen LogP) is 7.22. The molecule has 1 fully saturated rings. The summed E-state index contributed by atoms with van der Waals surface area (Å²) >= 11 is 0. The zero-order valence-corrected chi connectivity index (χ0v) is 20.4. The van der Waals surface area contributed by atoms with Crippen LogP contribution >= 0.6 is 0 Å². The van der Waals surface area contributed by atoms with E-state index in [1.54, 1.807) is 14.2 Å². The second-order valence-corrected chi connectivity index (χ2v) is 6.36. The van der Waals surface area contributed by atoms with E-state index in [9.17, 15) is 0 Å². The lowest BCUT2D eigenvalue weighted by molar-refractivity contribution is -0.0448. The summed E-state index contributed by atoms with van der Waals surface area (Å²) < 4.78 is 17.4. The van der Waals surface area contributed by atoms with E-state index in [-0.39, 0.29) is 18.3 Å². The van der Waals surface area contributed by atoms with Crippen molar-refractivity contribution in [2.45, 2.75) is 80.1 Å². The van der Waals surface area contributed by atoms with Gasteiger partial charge in [0.05, 0.1) is 18.8 Å². The monoisotopic (exact) mass is 404 g/mol. The Bertz CT molecular complexity index is 668. The molecule has 1 aliphatic rings. The molecule has 0 amide bonds. The molecule has 3 heteroatoms. The van der Waals surface area contributed by atoms with Gasteiger partial charge in [0, 0.05) is 20.1 Å². The summed E-state index contributed by atoms with van der Waals surface area (Å²) in [6.45, 7) is 17.0. The summed E-state index contributed by atoms with van der Waals surface area (Å²) in [6.07, 6.45) is 1.11. The van der Waals surface area contributed by atoms with E-state index in [0.717, 1.165) is 6.42 Å². The number of fused-ring (bicyclic) bond motifs is 1. The molecule has 0 saturated carbocycles. The predicted molar refractivity (Wildman–Crippen MR) is 127 cm³/mol. The highest BCUT2D eigenvalue weighted by Gasteiger charge is 2.43. The van der Waals surface area contributed by atoms with Crippen LogP contribution in [0.5, 0.6) is 0 Å². The van der Waals surface area contributed by atoms with E-state index in [0.29, 0.717) is 12.5 Å². The van der Waals surface area contributed by atoms with Gasteiger partial charge in [-0.2, -0.15) is 0 Å². The molecule has 0 spiro atoms. The molecular formula is C26H44O3. The van der Waals surface area contributed by atoms with Crippen molar-refractivity contribution in [2.24, 2.45) is 5.92 Å². The van der Waals surface area contributed by atoms with Crippen molar-refractivity contribution in [2.75, 3.05) is 20.8 Å². The molecule has 29 heavy (non-hydrogen) atoms. The van der Waals surface area contributed by atoms with E-state index in [1.807, 2.05) is 41.5 Å². The molecule has 0 N–H and O–H groups in total. The maximum Gasteiger partial charge on any atom is 0.108 e. The number of aryl methyl sites for hydroxylation is 1. The smallest absolute Gasteiger partial charge is 0.108 e. The van der Waals surface area contributed by atoms with Crippen molar-refractivity contribution in [3.05, 3.63) is 47.5 Å². The van der Waals surface area contributed by atoms with Crippen molar-refractivity contribution in [3.8, 4) is 0 Å². The Morgan fingerprint density at radius 2 is 1.45 bits per heavy atom. The van der Waals surface area contributed by atoms with Crippen molar-refractivity contribution in [1.29, 1.82) is 0 Å². The van der Waals surface area contributed by atoms with Crippen LogP contribution in [0.2, 0.25) is 0 Å². The molecule has 1 heterocycles. The minimum absolute atomic E-state index is 0.0128. The minimum atomic E-state index is -0.0128. The molecule has 1 saturated heterocycles. The number of benzene rings is 2. The first kappa shape index (κ1) is 27.6. The molecule has 3 unspecified atom stereocenters. The first-order valence-electron chi connectivity index (χ1n) is 11.4. The third-order valence-corrected chi connectivity index (χ3v) is 4.98. The Labute approximate surface area is 179 Å². The number of rotatable bonds is 5. The van der Waals surface area contributed by atoms with Crippen LogP contribution in [0.15, 0.2) is 36.4 Å². The summed E-state index contributed by atoms with van der Waals surface area (Å²) in [5.41, 5.74) is 2.65. The Kier molecular flexibility index (Phi) is 14.7. The Hall–Kier alpha value is -1.42. The van der Waals surface area contributed by atoms with E-state index in [2.05, 4.69) is 50.2 Å². The van der Waals surface area contributed by atoms with Gasteiger partial charge in [0.25, 0.3) is 0 Å². The van der Waals surface area contributed by atoms with E-state index in [4.69, 9.17) is 14.2 Å². The first-order valence-corrected chi connectivity index (χ1v) is 11.4. The number of ether oxygens (including phenoxy) is 3. The molecule has 0 radical (unpaired) electrons. The summed E-state index contributed by atoms with van der Waals surface area (Å²) in [6, 6.07) is 13.1. The molecule has 3 nitrogen and oxygen atoms in total. The summed E-state index contributed by atoms with van der Waals surface area (Å²) in [7, 11) is 3.47. The Morgan fingerprint density at radius 1 is 0.897 bits per heavy atom. The fraction of sp³-hybridized carbons (Fsp3) is 0.615. The summed E-state index contributed by atoms with van der Waals surface area (Å²) in [5.74, 6) is 0.298. The lowest BCUT2D eigenvalue weighted by Crippen LogP contribution is -2.31. The molecular weight excluding hydrogens is 360 g/mol. The van der Waals surface area contributed by atoms with Crippen LogP contribution in [0.25, 0.3) is 10.8 Å². The molecule has 2 aromatic carbocycles. The molecule has 4 atom stereocenters. The van der Waals surface area contributed by atoms with Gasteiger partial charge in [-0.1, -0.05) is 85.7 Å². The maximum absolute atomic E-state index is 6.35. The molecule has 3 rings (SSSR count). The van der Waals surface area contributed by atoms with Crippen LogP contribution in [0.1, 0.15) is 72.6 Å². The fourth-order valence-electron chi connectivity index (χ4n) is 3.80. The molecule has 0 aromatic heterocycles. The summed E-state index contributed by atoms with van der Waals surface area (Å²) in [4.78, 5) is 0. The van der Waals surface area contributed by atoms with Gasteiger partial charge in [-0.25, -0.2) is 0 Å². The van der Waals surface area contributed by atoms with Gasteiger partial charge in [-0.05, 0) is 34.4 Å². The summed E-state index contributed by atoms with van der Waals surface area (Å²) in [5, 5.41) is 2.55. The van der Waals surface area contributed by atoms with E-state index >= 15 is 0 Å². The second-order valence-electron chi connectivity index (χ2n) is 6.36. The third kappa shape index (κ3) is 6.80. The maximum atomic E-state index is 6.35. The average Bonchev–Trinajstić information content (AvgIpc) is 3.12. The van der Waals surface area contributed by atoms with Crippen LogP contribution in [-0.2, 0) is 20.6 Å². The van der Waals surface area contributed by atoms with Crippen molar-refractivity contribution < 1.29 is 14.2 Å². The van der Waals surface area contributed by atoms with Crippen LogP contribution < -0.4 is 0 Å². The van der Waals surface area contributed by atoms with Gasteiger partial charge >= 0.3 is 0 Å². The highest BCUT2D eigenvalue weighted by molar-refractivity contribution is 5.84. The fourth-order valence-corrected chi connectivity index (χ4v) is 3.80. The van der Waals surface area contributed by atoms with Gasteiger partial charge in [0.15, 0.2) is 0 Å². The Morgan fingerprint density at radius 3 is 1.93 bits per heavy atom. The normalized spacial score (nSPS) is 22.6. The van der Waals surface area contributed by atoms with Gasteiger partial charge < -0.3 is 14.2 Å². The van der Waals surface area contributed by atoms with Gasteiger partial charge in [-0.3, -0.25) is 0 Å². The standard InChI is InChI=1S/C20H26O3.3C2H6/c1-5-14-10-15-8-6-7-9-16(15)11-17(14)19-13(2)20(22-4)18(23-19)12-21-3;3*1-2/h6-11,13,18-20H,5,12H2,1-4H3;3*1-2H3/t13?,18?,19-,20?;;;/m1.../s1. The number of hydrogen-bond donors (Lipinski definition) is 0. The quantitative estimate of drug-likeness (QED) is 0.526. The molecule has 1 aliphatic heterocycles. The van der Waals surface area contributed by atoms with Crippen molar-refractivity contribution in [3.63, 3.8) is 0 Å². The second kappa shape index (κ2) is 15.4. The highest BCUT2D eigenvalue weighted by Crippen LogP contribution is 2.42. The molecule has 2 aromatic rings. The lowest BCUT2D eigenvalue weighted by Gasteiger charge is -2.21. The zero-order chi connectivity index (χ0) is 22.4. The Balaban J connectivity index is 0.00000120. The van der Waals surface area contributed by atoms with Crippen LogP contribution in [0.3, 0.4) is 0 Å². The first-order chi connectivity index (χ1) is 14.2. The molecule has 166 valence electrons. The zero-order valence-electron chi connectivity index (χ0n) is 20.4. The van der Waals surface area contributed by atoms with Gasteiger partial charge in [0.1, 0.15) is 6.10 Å². The van der Waals surface area contributed by atoms with E-state index in [1.165, 1.54) is 21.9 Å². The largest absolute Gasteiger partial charge is 0.382 e. The van der Waals surface area contributed by atoms with Gasteiger partial charge in [0.2, 0.25) is 0 Å². The molecule has 0 bridgehead atoms. The topological polar surface area (TPSA) is 27.7 Å².